The molecule has 0 radical (unpaired) electrons. The molecule has 0 bridgehead atoms. The molecule has 0 saturated carbocycles. The van der Waals surface area contributed by atoms with Crippen LogP contribution in [0.2, 0.25) is 0 Å². The molecule has 0 saturated heterocycles. The Kier molecular flexibility index (Phi) is 5.20. The smallest absolute Gasteiger partial charge is 0.325 e. The van der Waals surface area contributed by atoms with Crippen LogP contribution in [-0.4, -0.2) is 25.1 Å². The second-order valence-corrected chi connectivity index (χ2v) is 7.00. The van der Waals surface area contributed by atoms with Gasteiger partial charge < -0.3 is 10.6 Å². The van der Waals surface area contributed by atoms with E-state index >= 15 is 0 Å². The summed E-state index contributed by atoms with van der Waals surface area (Å²) in [5.41, 5.74) is 1.57. The molecule has 0 atom stereocenters. The van der Waals surface area contributed by atoms with Crippen molar-refractivity contribution in [1.82, 2.24) is 19.2 Å². The van der Waals surface area contributed by atoms with Crippen molar-refractivity contribution in [2.75, 3.05) is 10.6 Å². The summed E-state index contributed by atoms with van der Waals surface area (Å²) in [4.78, 5) is 29.5. The highest BCUT2D eigenvalue weighted by atomic mass is 19.1. The van der Waals surface area contributed by atoms with Gasteiger partial charge in [-0.2, -0.15) is 0 Å². The average molecular weight is 424 g/mol. The van der Waals surface area contributed by atoms with Gasteiger partial charge in [0.15, 0.2) is 5.65 Å². The fraction of sp³-hybridized carbons (Fsp3) is 0.143. The predicted molar refractivity (Wildman–Crippen MR) is 111 cm³/mol. The van der Waals surface area contributed by atoms with E-state index in [0.29, 0.717) is 22.6 Å². The Labute approximate surface area is 175 Å². The van der Waals surface area contributed by atoms with Gasteiger partial charge in [0, 0.05) is 23.1 Å². The zero-order valence-electron chi connectivity index (χ0n) is 16.7. The quantitative estimate of drug-likeness (QED) is 0.513. The van der Waals surface area contributed by atoms with E-state index in [4.69, 9.17) is 0 Å². The Balaban J connectivity index is 1.64. The molecule has 0 spiro atoms. The van der Waals surface area contributed by atoms with Crippen molar-refractivity contribution in [2.24, 2.45) is 0 Å². The van der Waals surface area contributed by atoms with E-state index in [9.17, 15) is 18.4 Å². The highest BCUT2D eigenvalue weighted by Gasteiger charge is 2.16. The number of rotatable bonds is 5. The predicted octanol–water partition coefficient (Wildman–Crippen LogP) is 3.17. The molecule has 0 aliphatic heterocycles. The average Bonchev–Trinajstić information content (AvgIpc) is 3.01. The lowest BCUT2D eigenvalue weighted by Crippen LogP contribution is -2.29. The van der Waals surface area contributed by atoms with Crippen LogP contribution in [0.25, 0.3) is 5.65 Å². The van der Waals surface area contributed by atoms with E-state index in [2.05, 4.69) is 20.7 Å². The number of halogens is 2. The van der Waals surface area contributed by atoms with E-state index < -0.39 is 23.2 Å². The van der Waals surface area contributed by atoms with Crippen LogP contribution in [-0.2, 0) is 11.3 Å². The molecule has 10 heteroatoms. The van der Waals surface area contributed by atoms with E-state index in [1.54, 1.807) is 32.0 Å². The first-order valence-electron chi connectivity index (χ1n) is 9.36. The maximum atomic E-state index is 13.9. The molecule has 2 aromatic carbocycles. The van der Waals surface area contributed by atoms with E-state index in [-0.39, 0.29) is 18.1 Å². The van der Waals surface area contributed by atoms with Gasteiger partial charge in [-0.1, -0.05) is 6.07 Å². The van der Waals surface area contributed by atoms with Crippen molar-refractivity contribution < 1.29 is 13.6 Å². The summed E-state index contributed by atoms with van der Waals surface area (Å²) in [6, 6.07) is 11.4. The molecule has 31 heavy (non-hydrogen) atoms. The minimum absolute atomic E-state index is 0.147. The summed E-state index contributed by atoms with van der Waals surface area (Å²) in [6.45, 7) is 3.02. The molecule has 0 aliphatic rings. The Hall–Kier alpha value is -4.08. The van der Waals surface area contributed by atoms with Crippen LogP contribution < -0.4 is 16.3 Å². The number of hydrogen-bond donors (Lipinski definition) is 2. The van der Waals surface area contributed by atoms with Gasteiger partial charge in [0.05, 0.1) is 0 Å². The number of amides is 1. The van der Waals surface area contributed by atoms with Crippen molar-refractivity contribution in [2.45, 2.75) is 20.4 Å². The Bertz CT molecular complexity index is 1340. The molecule has 158 valence electrons. The highest BCUT2D eigenvalue weighted by Crippen LogP contribution is 2.18. The molecule has 2 N–H and O–H groups in total. The lowest BCUT2D eigenvalue weighted by atomic mass is 10.2. The van der Waals surface area contributed by atoms with Gasteiger partial charge in [-0.25, -0.2) is 27.6 Å². The first-order chi connectivity index (χ1) is 14.8. The van der Waals surface area contributed by atoms with Crippen LogP contribution in [0.15, 0.2) is 53.3 Å². The van der Waals surface area contributed by atoms with Gasteiger partial charge in [0.25, 0.3) is 0 Å². The number of carbonyl (C=O) groups excluding carboxylic acids is 1. The van der Waals surface area contributed by atoms with Crippen LogP contribution >= 0.6 is 0 Å². The van der Waals surface area contributed by atoms with Gasteiger partial charge in [0.2, 0.25) is 11.9 Å². The highest BCUT2D eigenvalue weighted by molar-refractivity contribution is 5.90. The third kappa shape index (κ3) is 4.27. The van der Waals surface area contributed by atoms with E-state index in [0.717, 1.165) is 4.68 Å². The number of fused-ring (bicyclic) bond motifs is 1. The molecule has 2 heterocycles. The molecule has 2 aromatic heterocycles. The standard InChI is InChI=1S/C21H18F2N6O2/c1-12-3-6-16(10-17(12)23)26-20-24-13(2)9-18-27-28(21(31)29(18)20)11-19(30)25-15-7-4-14(22)5-8-15/h3-10H,11H2,1-2H3,(H,24,26)(H,25,30). The molecular formula is C21H18F2N6O2. The molecule has 0 fully saturated rings. The second kappa shape index (κ2) is 7.98. The number of nitrogens with zero attached hydrogens (tertiary/aromatic N) is 4. The van der Waals surface area contributed by atoms with Crippen LogP contribution in [0.4, 0.5) is 26.1 Å². The van der Waals surface area contributed by atoms with Gasteiger partial charge >= 0.3 is 5.69 Å². The minimum atomic E-state index is -0.591. The van der Waals surface area contributed by atoms with Crippen LogP contribution in [0.3, 0.4) is 0 Å². The summed E-state index contributed by atoms with van der Waals surface area (Å²) in [7, 11) is 0. The maximum absolute atomic E-state index is 13.9. The lowest BCUT2D eigenvalue weighted by molar-refractivity contribution is -0.117. The number of anilines is 3. The van der Waals surface area contributed by atoms with Crippen LogP contribution in [0, 0.1) is 25.5 Å². The van der Waals surface area contributed by atoms with Crippen molar-refractivity contribution >= 4 is 28.9 Å². The van der Waals surface area contributed by atoms with Crippen LogP contribution in [0.5, 0.6) is 0 Å². The Morgan fingerprint density at radius 3 is 2.45 bits per heavy atom. The number of aryl methyl sites for hydroxylation is 2. The normalized spacial score (nSPS) is 11.0. The Morgan fingerprint density at radius 2 is 1.74 bits per heavy atom. The SMILES string of the molecule is Cc1cc2nn(CC(=O)Nc3ccc(F)cc3)c(=O)n2c(Nc2ccc(C)c(F)c2)n1. The molecule has 4 aromatic rings. The van der Waals surface area contributed by atoms with Crippen molar-refractivity contribution in [3.63, 3.8) is 0 Å². The monoisotopic (exact) mass is 424 g/mol. The summed E-state index contributed by atoms with van der Waals surface area (Å²) in [5.74, 6) is -1.18. The summed E-state index contributed by atoms with van der Waals surface area (Å²) < 4.78 is 29.1. The summed E-state index contributed by atoms with van der Waals surface area (Å²) in [5, 5.41) is 9.70. The first kappa shape index (κ1) is 20.2. The van der Waals surface area contributed by atoms with E-state index in [1.807, 2.05) is 0 Å². The summed E-state index contributed by atoms with van der Waals surface area (Å²) >= 11 is 0. The zero-order chi connectivity index (χ0) is 22.1. The number of carbonyl (C=O) groups is 1. The van der Waals surface area contributed by atoms with E-state index in [1.165, 1.54) is 34.7 Å². The maximum Gasteiger partial charge on any atom is 0.353 e. The van der Waals surface area contributed by atoms with Gasteiger partial charge in [-0.15, -0.1) is 5.10 Å². The second-order valence-electron chi connectivity index (χ2n) is 7.00. The molecule has 0 unspecified atom stereocenters. The molecule has 8 nitrogen and oxygen atoms in total. The third-order valence-electron chi connectivity index (χ3n) is 4.55. The van der Waals surface area contributed by atoms with Crippen molar-refractivity contribution in [3.8, 4) is 0 Å². The third-order valence-corrected chi connectivity index (χ3v) is 4.55. The number of nitrogens with one attached hydrogen (secondary N) is 2. The minimum Gasteiger partial charge on any atom is -0.325 e. The number of aromatic nitrogens is 4. The van der Waals surface area contributed by atoms with Gasteiger partial charge in [0.1, 0.15) is 18.2 Å². The largest absolute Gasteiger partial charge is 0.353 e. The molecule has 0 aliphatic carbocycles. The topological polar surface area (TPSA) is 93.3 Å². The van der Waals surface area contributed by atoms with Gasteiger partial charge in [-0.3, -0.25) is 4.79 Å². The van der Waals surface area contributed by atoms with Crippen molar-refractivity contribution in [1.29, 1.82) is 0 Å². The van der Waals surface area contributed by atoms with Crippen molar-refractivity contribution in [3.05, 3.63) is 81.9 Å². The number of hydrogen-bond acceptors (Lipinski definition) is 5. The molecule has 4 rings (SSSR count). The zero-order valence-corrected chi connectivity index (χ0v) is 16.7. The fourth-order valence-corrected chi connectivity index (χ4v) is 3.01. The van der Waals surface area contributed by atoms with Crippen LogP contribution in [0.1, 0.15) is 11.3 Å². The fourth-order valence-electron chi connectivity index (χ4n) is 3.01. The van der Waals surface area contributed by atoms with Gasteiger partial charge in [-0.05, 0) is 55.8 Å². The lowest BCUT2D eigenvalue weighted by Gasteiger charge is -2.08. The summed E-state index contributed by atoms with van der Waals surface area (Å²) in [6.07, 6.45) is 0. The molecular weight excluding hydrogens is 406 g/mol. The molecule has 1 amide bonds. The first-order valence-corrected chi connectivity index (χ1v) is 9.36. The number of benzene rings is 2. The Morgan fingerprint density at radius 1 is 1.03 bits per heavy atom.